The van der Waals surface area contributed by atoms with Gasteiger partial charge in [0.2, 0.25) is 10.8 Å². The number of rotatable bonds is 5. The van der Waals surface area contributed by atoms with Crippen molar-refractivity contribution < 1.29 is 24.4 Å². The maximum atomic E-state index is 14.7. The predicted octanol–water partition coefficient (Wildman–Crippen LogP) is -1.19. The van der Waals surface area contributed by atoms with Gasteiger partial charge in [-0.1, -0.05) is 23.5 Å². The first-order valence-electron chi connectivity index (χ1n) is 9.17. The number of nitrogens with zero attached hydrogens (tertiary/aromatic N) is 3. The second-order valence-electron chi connectivity index (χ2n) is 6.98. The maximum absolute atomic E-state index is 14.7. The molecule has 1 aromatic carbocycles. The highest BCUT2D eigenvalue weighted by Gasteiger charge is 2.37. The summed E-state index contributed by atoms with van der Waals surface area (Å²) in [5, 5.41) is 24.2. The highest BCUT2D eigenvalue weighted by molar-refractivity contribution is 7.17. The minimum absolute atomic E-state index is 0.0430. The van der Waals surface area contributed by atoms with Gasteiger partial charge in [-0.05, 0) is 19.1 Å². The van der Waals surface area contributed by atoms with Crippen LogP contribution in [-0.2, 0) is 0 Å². The Balaban J connectivity index is 1.73. The van der Waals surface area contributed by atoms with E-state index in [0.717, 1.165) is 32.7 Å². The number of piperazine rings is 1. The summed E-state index contributed by atoms with van der Waals surface area (Å²) in [5.74, 6) is 0.371. The maximum Gasteiger partial charge on any atom is 0.235 e. The lowest BCUT2D eigenvalue weighted by molar-refractivity contribution is -1.02. The fourth-order valence-corrected chi connectivity index (χ4v) is 5.09. The third-order valence-electron chi connectivity index (χ3n) is 5.26. The van der Waals surface area contributed by atoms with Crippen molar-refractivity contribution in [3.63, 3.8) is 0 Å². The molecule has 7 nitrogen and oxygen atoms in total. The zero-order valence-corrected chi connectivity index (χ0v) is 16.0. The number of thiazole rings is 1. The van der Waals surface area contributed by atoms with Crippen molar-refractivity contribution >= 4 is 16.3 Å². The molecule has 0 amide bonds. The number of hydrogen-bond donors (Lipinski definition) is 4. The van der Waals surface area contributed by atoms with Gasteiger partial charge >= 0.3 is 0 Å². The smallest absolute Gasteiger partial charge is 0.235 e. The molecule has 0 bridgehead atoms. The van der Waals surface area contributed by atoms with Gasteiger partial charge in [-0.2, -0.15) is 4.52 Å². The van der Waals surface area contributed by atoms with Crippen LogP contribution in [0.3, 0.4) is 0 Å². The van der Waals surface area contributed by atoms with Crippen LogP contribution in [0.4, 0.5) is 4.39 Å². The summed E-state index contributed by atoms with van der Waals surface area (Å²) < 4.78 is 16.1. The van der Waals surface area contributed by atoms with Gasteiger partial charge in [-0.15, -0.1) is 5.10 Å². The summed E-state index contributed by atoms with van der Waals surface area (Å²) in [5.41, 5.74) is 0.578. The minimum atomic E-state index is -0.310. The first kappa shape index (κ1) is 18.3. The molecule has 2 aromatic heterocycles. The van der Waals surface area contributed by atoms with Gasteiger partial charge in [0.15, 0.2) is 6.04 Å². The van der Waals surface area contributed by atoms with Crippen LogP contribution in [0, 0.1) is 12.7 Å². The molecule has 1 fully saturated rings. The minimum Gasteiger partial charge on any atom is -0.492 e. The molecule has 0 unspecified atom stereocenters. The Morgan fingerprint density at radius 1 is 1.26 bits per heavy atom. The second kappa shape index (κ2) is 7.51. The van der Waals surface area contributed by atoms with Crippen molar-refractivity contribution in [1.29, 1.82) is 0 Å². The molecule has 4 N–H and O–H groups in total. The number of benzene rings is 1. The van der Waals surface area contributed by atoms with Crippen LogP contribution in [0.25, 0.3) is 4.96 Å². The molecule has 27 heavy (non-hydrogen) atoms. The number of nitrogens with one attached hydrogen (secondary N) is 2. The van der Waals surface area contributed by atoms with Gasteiger partial charge in [0.1, 0.15) is 49.2 Å². The Kier molecular flexibility index (Phi) is 5.09. The van der Waals surface area contributed by atoms with Gasteiger partial charge < -0.3 is 20.0 Å². The fraction of sp³-hybridized carbons (Fsp3) is 0.444. The second-order valence-corrected chi connectivity index (χ2v) is 7.99. The van der Waals surface area contributed by atoms with E-state index in [1.807, 2.05) is 6.07 Å². The number of hydrogen-bond acceptors (Lipinski definition) is 5. The summed E-state index contributed by atoms with van der Waals surface area (Å²) in [6, 6.07) is 6.46. The number of aliphatic hydroxyl groups is 1. The standard InChI is InChI=1S/C18H22FN5O2S/c1-12-20-18-24(21-12)17(26)16(27-18)15(13-4-2-3-5-14(13)19)23-8-6-22(7-9-23)10-11-25/h2-5,15,25-26H,6-11H2,1H3/p+2/t15-/m1/s1. The molecule has 1 aliphatic heterocycles. The Morgan fingerprint density at radius 3 is 2.67 bits per heavy atom. The Labute approximate surface area is 160 Å². The van der Waals surface area contributed by atoms with Crippen LogP contribution in [-0.4, -0.2) is 64.1 Å². The third-order valence-corrected chi connectivity index (χ3v) is 6.34. The Bertz CT molecular complexity index is 935. The van der Waals surface area contributed by atoms with Crippen molar-refractivity contribution in [2.45, 2.75) is 13.0 Å². The number of halogens is 1. The predicted molar refractivity (Wildman–Crippen MR) is 98.9 cm³/mol. The molecule has 4 rings (SSSR count). The SMILES string of the molecule is Cc1nc2sc([C@@H](c3ccccc3F)[NH+]3CC[NH+](CCO)CC3)c(O)n2n1. The lowest BCUT2D eigenvalue weighted by Gasteiger charge is -2.34. The van der Waals surface area contributed by atoms with E-state index in [1.54, 1.807) is 19.1 Å². The first-order chi connectivity index (χ1) is 13.1. The van der Waals surface area contributed by atoms with Crippen LogP contribution in [0.1, 0.15) is 22.3 Å². The molecular weight excluding hydrogens is 369 g/mol. The van der Waals surface area contributed by atoms with E-state index in [1.165, 1.54) is 31.7 Å². The molecule has 3 aromatic rings. The monoisotopic (exact) mass is 393 g/mol. The fourth-order valence-electron chi connectivity index (χ4n) is 3.91. The van der Waals surface area contributed by atoms with Crippen molar-refractivity contribution in [1.82, 2.24) is 14.6 Å². The number of aromatic nitrogens is 3. The van der Waals surface area contributed by atoms with E-state index in [2.05, 4.69) is 10.1 Å². The third kappa shape index (κ3) is 3.43. The van der Waals surface area contributed by atoms with Gasteiger partial charge in [0.05, 0.1) is 12.2 Å². The Morgan fingerprint density at radius 2 is 2.00 bits per heavy atom. The zero-order valence-electron chi connectivity index (χ0n) is 15.2. The van der Waals surface area contributed by atoms with Gasteiger partial charge in [0, 0.05) is 0 Å². The highest BCUT2D eigenvalue weighted by atomic mass is 32.1. The van der Waals surface area contributed by atoms with E-state index in [4.69, 9.17) is 0 Å². The van der Waals surface area contributed by atoms with E-state index in [-0.39, 0.29) is 24.3 Å². The van der Waals surface area contributed by atoms with Crippen molar-refractivity contribution in [3.8, 4) is 5.88 Å². The topological polar surface area (TPSA) is 79.5 Å². The van der Waals surface area contributed by atoms with E-state index in [9.17, 15) is 14.6 Å². The first-order valence-corrected chi connectivity index (χ1v) is 9.98. The highest BCUT2D eigenvalue weighted by Crippen LogP contribution is 2.35. The summed E-state index contributed by atoms with van der Waals surface area (Å²) >= 11 is 1.37. The molecule has 1 saturated heterocycles. The summed E-state index contributed by atoms with van der Waals surface area (Å²) in [4.78, 5) is 8.22. The molecule has 3 heterocycles. The summed E-state index contributed by atoms with van der Waals surface area (Å²) in [6.07, 6.45) is 0. The average Bonchev–Trinajstić information content (AvgIpc) is 3.16. The van der Waals surface area contributed by atoms with Crippen LogP contribution < -0.4 is 9.80 Å². The summed E-state index contributed by atoms with van der Waals surface area (Å²) in [6.45, 7) is 6.17. The van der Waals surface area contributed by atoms with E-state index in [0.29, 0.717) is 21.2 Å². The Hall–Kier alpha value is -2.07. The van der Waals surface area contributed by atoms with Crippen LogP contribution in [0.2, 0.25) is 0 Å². The largest absolute Gasteiger partial charge is 0.492 e. The van der Waals surface area contributed by atoms with E-state index < -0.39 is 0 Å². The quantitative estimate of drug-likeness (QED) is 0.440. The molecule has 1 aliphatic rings. The molecule has 0 saturated carbocycles. The molecule has 1 atom stereocenters. The summed E-state index contributed by atoms with van der Waals surface area (Å²) in [7, 11) is 0. The van der Waals surface area contributed by atoms with E-state index >= 15 is 0 Å². The molecule has 0 aliphatic carbocycles. The molecule has 9 heteroatoms. The van der Waals surface area contributed by atoms with Crippen molar-refractivity contribution in [2.24, 2.45) is 0 Å². The molecular formula is C18H24FN5O2S+2. The lowest BCUT2D eigenvalue weighted by Crippen LogP contribution is -3.28. The normalized spacial score (nSPS) is 21.6. The van der Waals surface area contributed by atoms with Gasteiger partial charge in [-0.3, -0.25) is 0 Å². The molecule has 0 radical (unpaired) electrons. The van der Waals surface area contributed by atoms with Gasteiger partial charge in [0.25, 0.3) is 0 Å². The number of aromatic hydroxyl groups is 1. The van der Waals surface area contributed by atoms with Crippen molar-refractivity contribution in [3.05, 3.63) is 46.3 Å². The van der Waals surface area contributed by atoms with Gasteiger partial charge in [-0.25, -0.2) is 9.37 Å². The van der Waals surface area contributed by atoms with Crippen LogP contribution in [0.5, 0.6) is 5.88 Å². The molecule has 0 spiro atoms. The molecule has 144 valence electrons. The van der Waals surface area contributed by atoms with Crippen LogP contribution >= 0.6 is 11.3 Å². The average molecular weight is 393 g/mol. The number of aryl methyl sites for hydroxylation is 1. The van der Waals surface area contributed by atoms with Crippen molar-refractivity contribution in [2.75, 3.05) is 39.3 Å². The van der Waals surface area contributed by atoms with Crippen LogP contribution in [0.15, 0.2) is 24.3 Å². The number of aliphatic hydroxyl groups excluding tert-OH is 1. The lowest BCUT2D eigenvalue weighted by atomic mass is 10.0. The zero-order chi connectivity index (χ0) is 19.0. The number of quaternary nitrogens is 2. The number of fused-ring (bicyclic) bond motifs is 1.